The van der Waals surface area contributed by atoms with Crippen molar-refractivity contribution in [3.63, 3.8) is 0 Å². The van der Waals surface area contributed by atoms with Gasteiger partial charge in [0.1, 0.15) is 5.69 Å². The smallest absolute Gasteiger partial charge is 0.272 e. The van der Waals surface area contributed by atoms with Crippen LogP contribution in [0.25, 0.3) is 0 Å². The van der Waals surface area contributed by atoms with Crippen molar-refractivity contribution in [2.45, 2.75) is 55.1 Å². The van der Waals surface area contributed by atoms with E-state index in [9.17, 15) is 9.59 Å². The van der Waals surface area contributed by atoms with E-state index in [1.807, 2.05) is 47.9 Å². The summed E-state index contributed by atoms with van der Waals surface area (Å²) in [4.78, 5) is 28.4. The van der Waals surface area contributed by atoms with E-state index < -0.39 is 0 Å². The van der Waals surface area contributed by atoms with Crippen molar-refractivity contribution in [1.29, 1.82) is 0 Å². The van der Waals surface area contributed by atoms with Gasteiger partial charge in [0.2, 0.25) is 0 Å². The van der Waals surface area contributed by atoms with Gasteiger partial charge in [-0.1, -0.05) is 29.8 Å². The number of nitrogens with zero attached hydrogens (tertiary/aromatic N) is 3. The quantitative estimate of drug-likeness (QED) is 0.463. The van der Waals surface area contributed by atoms with Crippen LogP contribution >= 0.6 is 11.8 Å². The van der Waals surface area contributed by atoms with Gasteiger partial charge in [0.15, 0.2) is 5.69 Å². The second kappa shape index (κ2) is 9.59. The van der Waals surface area contributed by atoms with Gasteiger partial charge in [0, 0.05) is 48.3 Å². The zero-order valence-electron chi connectivity index (χ0n) is 20.6. The van der Waals surface area contributed by atoms with E-state index in [0.717, 1.165) is 37.1 Å². The fourth-order valence-electron chi connectivity index (χ4n) is 4.87. The van der Waals surface area contributed by atoms with Crippen molar-refractivity contribution in [1.82, 2.24) is 20.0 Å². The second-order valence-electron chi connectivity index (χ2n) is 10.3. The van der Waals surface area contributed by atoms with Crippen LogP contribution < -0.4 is 11.1 Å². The fraction of sp³-hybridized carbons (Fsp3) is 0.577. The lowest BCUT2D eigenvalue weighted by Crippen LogP contribution is -2.43. The highest BCUT2D eigenvalue weighted by Gasteiger charge is 2.56. The van der Waals surface area contributed by atoms with E-state index >= 15 is 0 Å². The highest BCUT2D eigenvalue weighted by atomic mass is 32.2. The third-order valence-corrected chi connectivity index (χ3v) is 9.14. The number of amides is 2. The number of carbonyl (C=O) groups is 2. The Bertz CT molecular complexity index is 1100. The van der Waals surface area contributed by atoms with Crippen molar-refractivity contribution in [3.05, 3.63) is 52.3 Å². The minimum absolute atomic E-state index is 0.0186. The van der Waals surface area contributed by atoms with Gasteiger partial charge >= 0.3 is 0 Å². The molecule has 0 unspecified atom stereocenters. The van der Waals surface area contributed by atoms with E-state index in [1.165, 1.54) is 18.4 Å². The van der Waals surface area contributed by atoms with Crippen LogP contribution in [0.3, 0.4) is 0 Å². The van der Waals surface area contributed by atoms with Gasteiger partial charge in [-0.05, 0) is 44.6 Å². The average molecular weight is 498 g/mol. The van der Waals surface area contributed by atoms with Crippen LogP contribution in [0, 0.1) is 6.92 Å². The molecule has 1 aliphatic heterocycles. The zero-order valence-corrected chi connectivity index (χ0v) is 21.5. The number of nitrogens with one attached hydrogen (secondary N) is 1. The summed E-state index contributed by atoms with van der Waals surface area (Å²) in [5, 5.41) is 7.42. The predicted octanol–water partition coefficient (Wildman–Crippen LogP) is 2.43. The first kappa shape index (κ1) is 24.3. The Morgan fingerprint density at radius 1 is 1.20 bits per heavy atom. The van der Waals surface area contributed by atoms with E-state index in [2.05, 4.69) is 10.4 Å². The molecule has 2 aliphatic carbocycles. The Morgan fingerprint density at radius 2 is 1.91 bits per heavy atom. The molecule has 2 heterocycles. The maximum atomic E-state index is 13.5. The number of carbonyl (C=O) groups excluding carboxylic acids is 2. The average Bonchev–Trinajstić information content (AvgIpc) is 3.75. The van der Waals surface area contributed by atoms with Gasteiger partial charge in [-0.15, -0.1) is 11.8 Å². The summed E-state index contributed by atoms with van der Waals surface area (Å²) in [6.07, 6.45) is 5.25. The molecular weight excluding hydrogens is 462 g/mol. The van der Waals surface area contributed by atoms with E-state index in [-0.39, 0.29) is 21.3 Å². The maximum Gasteiger partial charge on any atom is 0.272 e. The SMILES string of the molecule is Cc1ccc(CNC(=O)c2nn(C)c3c2CCN(CC2(SC4(COCCN)CC4)CC2)C3=O)cc1. The summed E-state index contributed by atoms with van der Waals surface area (Å²) in [6, 6.07) is 8.07. The molecule has 3 N–H and O–H groups in total. The summed E-state index contributed by atoms with van der Waals surface area (Å²) in [6.45, 7) is 5.73. The van der Waals surface area contributed by atoms with Gasteiger partial charge in [-0.2, -0.15) is 5.10 Å². The Kier molecular flexibility index (Phi) is 6.67. The molecule has 2 saturated carbocycles. The molecule has 3 aliphatic rings. The van der Waals surface area contributed by atoms with Crippen LogP contribution in [0.15, 0.2) is 24.3 Å². The molecule has 1 aromatic carbocycles. The number of rotatable bonds is 11. The summed E-state index contributed by atoms with van der Waals surface area (Å²) in [5.74, 6) is -0.249. The molecule has 35 heavy (non-hydrogen) atoms. The lowest BCUT2D eigenvalue weighted by Gasteiger charge is -2.32. The van der Waals surface area contributed by atoms with Crippen LogP contribution in [0.1, 0.15) is 63.4 Å². The summed E-state index contributed by atoms with van der Waals surface area (Å²) >= 11 is 2.03. The number of hydrogen-bond donors (Lipinski definition) is 2. The second-order valence-corrected chi connectivity index (χ2v) is 12.2. The topological polar surface area (TPSA) is 102 Å². The predicted molar refractivity (Wildman–Crippen MR) is 137 cm³/mol. The molecule has 0 bridgehead atoms. The highest BCUT2D eigenvalue weighted by molar-refractivity contribution is 8.02. The molecule has 9 heteroatoms. The van der Waals surface area contributed by atoms with E-state index in [0.29, 0.717) is 44.0 Å². The maximum absolute atomic E-state index is 13.5. The van der Waals surface area contributed by atoms with Crippen molar-refractivity contribution >= 4 is 23.6 Å². The standard InChI is InChI=1S/C26H35N5O3S/c1-18-3-5-19(6-4-18)15-28-23(32)21-20-7-13-31(24(33)22(20)30(2)29-21)16-25(8-9-25)35-26(10-11-26)17-34-14-12-27/h3-6H,7-17,27H2,1-2H3,(H,28,32). The van der Waals surface area contributed by atoms with E-state index in [1.54, 1.807) is 11.7 Å². The van der Waals surface area contributed by atoms with Gasteiger partial charge in [0.25, 0.3) is 11.8 Å². The first-order chi connectivity index (χ1) is 16.8. The van der Waals surface area contributed by atoms with Crippen molar-refractivity contribution < 1.29 is 14.3 Å². The number of benzene rings is 1. The lowest BCUT2D eigenvalue weighted by atomic mass is 10.0. The normalized spacial score (nSPS) is 19.4. The number of aromatic nitrogens is 2. The number of hydrogen-bond acceptors (Lipinski definition) is 6. The molecule has 0 saturated heterocycles. The first-order valence-electron chi connectivity index (χ1n) is 12.5. The minimum atomic E-state index is -0.231. The summed E-state index contributed by atoms with van der Waals surface area (Å²) < 4.78 is 7.67. The number of fused-ring (bicyclic) bond motifs is 1. The third-order valence-electron chi connectivity index (χ3n) is 7.21. The third kappa shape index (κ3) is 5.27. The molecule has 1 aromatic heterocycles. The van der Waals surface area contributed by atoms with Crippen LogP contribution in [-0.2, 0) is 24.8 Å². The van der Waals surface area contributed by atoms with Gasteiger partial charge < -0.3 is 20.7 Å². The molecule has 0 atom stereocenters. The fourth-order valence-corrected chi connectivity index (χ4v) is 6.76. The Balaban J connectivity index is 1.22. The molecule has 2 amide bonds. The number of nitrogens with two attached hydrogens (primary N) is 1. The van der Waals surface area contributed by atoms with Crippen LogP contribution in [0.2, 0.25) is 0 Å². The Labute approximate surface area is 210 Å². The van der Waals surface area contributed by atoms with Gasteiger partial charge in [-0.3, -0.25) is 14.3 Å². The van der Waals surface area contributed by atoms with Crippen LogP contribution in [0.5, 0.6) is 0 Å². The Hall–Kier alpha value is -2.36. The zero-order chi connectivity index (χ0) is 24.6. The molecule has 5 rings (SSSR count). The van der Waals surface area contributed by atoms with Crippen molar-refractivity contribution in [3.8, 4) is 0 Å². The van der Waals surface area contributed by atoms with E-state index in [4.69, 9.17) is 10.5 Å². The van der Waals surface area contributed by atoms with Crippen LogP contribution in [0.4, 0.5) is 0 Å². The molecule has 0 radical (unpaired) electrons. The molecule has 0 spiro atoms. The largest absolute Gasteiger partial charge is 0.379 e. The number of thioether (sulfide) groups is 1. The highest BCUT2D eigenvalue weighted by Crippen LogP contribution is 2.62. The monoisotopic (exact) mass is 497 g/mol. The van der Waals surface area contributed by atoms with Crippen molar-refractivity contribution in [2.24, 2.45) is 12.8 Å². The summed E-state index contributed by atoms with van der Waals surface area (Å²) in [7, 11) is 1.76. The van der Waals surface area contributed by atoms with Gasteiger partial charge in [-0.25, -0.2) is 0 Å². The molecule has 8 nitrogen and oxygen atoms in total. The molecule has 188 valence electrons. The van der Waals surface area contributed by atoms with Gasteiger partial charge in [0.05, 0.1) is 13.2 Å². The Morgan fingerprint density at radius 3 is 2.57 bits per heavy atom. The molecule has 2 fully saturated rings. The molecule has 2 aromatic rings. The number of aryl methyl sites for hydroxylation is 2. The minimum Gasteiger partial charge on any atom is -0.379 e. The number of ether oxygens (including phenoxy) is 1. The first-order valence-corrected chi connectivity index (χ1v) is 13.3. The van der Waals surface area contributed by atoms with Crippen LogP contribution in [-0.4, -0.2) is 68.8 Å². The molecular formula is C26H35N5O3S. The lowest BCUT2D eigenvalue weighted by molar-refractivity contribution is 0.0725. The summed E-state index contributed by atoms with van der Waals surface area (Å²) in [5.41, 5.74) is 9.46. The van der Waals surface area contributed by atoms with Crippen molar-refractivity contribution in [2.75, 3.05) is 32.8 Å².